The van der Waals surface area contributed by atoms with E-state index in [4.69, 9.17) is 11.6 Å². The second-order valence-electron chi connectivity index (χ2n) is 8.11. The molecule has 1 aliphatic rings. The van der Waals surface area contributed by atoms with E-state index in [2.05, 4.69) is 27.9 Å². The minimum atomic E-state index is -0.0996. The Kier molecular flexibility index (Phi) is 5.06. The van der Waals surface area contributed by atoms with Crippen LogP contribution in [0, 0.1) is 11.3 Å². The van der Waals surface area contributed by atoms with Crippen molar-refractivity contribution in [1.29, 1.82) is 5.26 Å². The number of imidazole rings is 1. The van der Waals surface area contributed by atoms with Gasteiger partial charge < -0.3 is 4.57 Å². The van der Waals surface area contributed by atoms with E-state index in [1.165, 1.54) is 0 Å². The lowest BCUT2D eigenvalue weighted by atomic mass is 9.78. The summed E-state index contributed by atoms with van der Waals surface area (Å²) in [6.45, 7) is 4.18. The van der Waals surface area contributed by atoms with Crippen LogP contribution in [0.5, 0.6) is 0 Å². The number of carbonyl (C=O) groups is 1. The summed E-state index contributed by atoms with van der Waals surface area (Å²) >= 11 is 6.28. The van der Waals surface area contributed by atoms with Crippen LogP contribution in [0.1, 0.15) is 56.6 Å². The van der Waals surface area contributed by atoms with Gasteiger partial charge in [0.2, 0.25) is 11.9 Å². The van der Waals surface area contributed by atoms with E-state index in [9.17, 15) is 10.1 Å². The lowest BCUT2D eigenvalue weighted by Crippen LogP contribution is -2.38. The fourth-order valence-corrected chi connectivity index (χ4v) is 4.45. The molecule has 1 saturated carbocycles. The SMILES string of the molecule is C[C@H](CC(=O)Nc1nc2ccc(C#N)cc2n1C1(C)CCC1)c1ccccc1Cl. The average Bonchev–Trinajstić information content (AvgIpc) is 3.03. The number of rotatable bonds is 5. The van der Waals surface area contributed by atoms with Crippen molar-refractivity contribution in [2.24, 2.45) is 0 Å². The van der Waals surface area contributed by atoms with Crippen molar-refractivity contribution < 1.29 is 4.79 Å². The zero-order chi connectivity index (χ0) is 20.6. The summed E-state index contributed by atoms with van der Waals surface area (Å²) in [5, 5.41) is 13.0. The Morgan fingerprint density at radius 2 is 2.10 bits per heavy atom. The number of amides is 1. The van der Waals surface area contributed by atoms with Gasteiger partial charge in [0.1, 0.15) is 0 Å². The number of carbonyl (C=O) groups excluding carboxylic acids is 1. The summed E-state index contributed by atoms with van der Waals surface area (Å²) in [5.41, 5.74) is 3.13. The largest absolute Gasteiger partial charge is 0.304 e. The summed E-state index contributed by atoms with van der Waals surface area (Å²) in [4.78, 5) is 17.5. The lowest BCUT2D eigenvalue weighted by Gasteiger charge is -2.41. The molecule has 0 saturated heterocycles. The molecule has 0 unspecified atom stereocenters. The number of nitrogens with one attached hydrogen (secondary N) is 1. The van der Waals surface area contributed by atoms with Crippen LogP contribution in [-0.4, -0.2) is 15.5 Å². The second kappa shape index (κ2) is 7.53. The van der Waals surface area contributed by atoms with Gasteiger partial charge in [-0.1, -0.05) is 36.7 Å². The maximum absolute atomic E-state index is 12.8. The molecule has 1 heterocycles. The molecule has 0 bridgehead atoms. The Hall–Kier alpha value is -2.84. The Bertz CT molecular complexity index is 1120. The van der Waals surface area contributed by atoms with E-state index in [0.29, 0.717) is 23.0 Å². The zero-order valence-electron chi connectivity index (χ0n) is 16.6. The number of hydrogen-bond donors (Lipinski definition) is 1. The molecule has 1 aliphatic carbocycles. The van der Waals surface area contributed by atoms with Crippen molar-refractivity contribution in [3.63, 3.8) is 0 Å². The number of hydrogen-bond acceptors (Lipinski definition) is 3. The third-order valence-corrected chi connectivity index (χ3v) is 6.28. The van der Waals surface area contributed by atoms with Gasteiger partial charge in [0.05, 0.1) is 22.7 Å². The van der Waals surface area contributed by atoms with E-state index < -0.39 is 0 Å². The molecule has 3 aromatic rings. The molecule has 1 N–H and O–H groups in total. The Morgan fingerprint density at radius 1 is 1.34 bits per heavy atom. The fraction of sp³-hybridized carbons (Fsp3) is 0.348. The molecule has 6 heteroatoms. The number of nitriles is 1. The van der Waals surface area contributed by atoms with Gasteiger partial charge in [-0.2, -0.15) is 5.26 Å². The van der Waals surface area contributed by atoms with Crippen molar-refractivity contribution in [2.45, 2.75) is 51.0 Å². The Labute approximate surface area is 175 Å². The quantitative estimate of drug-likeness (QED) is 0.600. The summed E-state index contributed by atoms with van der Waals surface area (Å²) in [6.07, 6.45) is 3.50. The molecule has 5 nitrogen and oxygen atoms in total. The molecule has 2 aromatic carbocycles. The van der Waals surface area contributed by atoms with Gasteiger partial charge in [-0.25, -0.2) is 4.98 Å². The molecule has 29 heavy (non-hydrogen) atoms. The first-order valence-electron chi connectivity index (χ1n) is 9.89. The van der Waals surface area contributed by atoms with Crippen molar-refractivity contribution in [3.8, 4) is 6.07 Å². The average molecular weight is 407 g/mol. The van der Waals surface area contributed by atoms with E-state index in [1.807, 2.05) is 43.3 Å². The monoisotopic (exact) mass is 406 g/mol. The van der Waals surface area contributed by atoms with Gasteiger partial charge in [-0.05, 0) is 61.9 Å². The number of fused-ring (bicyclic) bond motifs is 1. The number of aromatic nitrogens is 2. The highest BCUT2D eigenvalue weighted by Gasteiger charge is 2.37. The highest BCUT2D eigenvalue weighted by atomic mass is 35.5. The second-order valence-corrected chi connectivity index (χ2v) is 8.52. The van der Waals surface area contributed by atoms with Crippen LogP contribution >= 0.6 is 11.6 Å². The lowest BCUT2D eigenvalue weighted by molar-refractivity contribution is -0.116. The smallest absolute Gasteiger partial charge is 0.227 e. The predicted octanol–water partition coefficient (Wildman–Crippen LogP) is 5.59. The Morgan fingerprint density at radius 3 is 2.76 bits per heavy atom. The number of anilines is 1. The summed E-state index contributed by atoms with van der Waals surface area (Å²) in [5.74, 6) is 0.442. The third kappa shape index (κ3) is 3.61. The standard InChI is InChI=1S/C23H23ClN4O/c1-15(17-6-3-4-7-18(17)24)12-21(29)27-22-26-19-9-8-16(14-25)13-20(19)28(22)23(2)10-5-11-23/h3-4,6-9,13,15H,5,10-12H2,1-2H3,(H,26,27,29)/t15-/m1/s1. The van der Waals surface area contributed by atoms with Crippen LogP contribution in [0.2, 0.25) is 5.02 Å². The minimum absolute atomic E-state index is 0.00832. The molecule has 1 fully saturated rings. The van der Waals surface area contributed by atoms with Gasteiger partial charge in [-0.3, -0.25) is 10.1 Å². The molecule has 1 aromatic heterocycles. The highest BCUT2D eigenvalue weighted by molar-refractivity contribution is 6.31. The van der Waals surface area contributed by atoms with Crippen LogP contribution in [0.25, 0.3) is 11.0 Å². The maximum Gasteiger partial charge on any atom is 0.227 e. The van der Waals surface area contributed by atoms with E-state index in [0.717, 1.165) is 35.9 Å². The van der Waals surface area contributed by atoms with E-state index in [-0.39, 0.29) is 17.4 Å². The highest BCUT2D eigenvalue weighted by Crippen LogP contribution is 2.43. The number of benzene rings is 2. The summed E-state index contributed by atoms with van der Waals surface area (Å²) in [7, 11) is 0. The van der Waals surface area contributed by atoms with Crippen LogP contribution in [0.3, 0.4) is 0 Å². The molecule has 0 radical (unpaired) electrons. The minimum Gasteiger partial charge on any atom is -0.304 e. The van der Waals surface area contributed by atoms with Crippen molar-refractivity contribution >= 4 is 34.5 Å². The van der Waals surface area contributed by atoms with Crippen molar-refractivity contribution in [2.75, 3.05) is 5.32 Å². The molecule has 148 valence electrons. The van der Waals surface area contributed by atoms with Gasteiger partial charge in [-0.15, -0.1) is 0 Å². The first-order valence-corrected chi connectivity index (χ1v) is 10.3. The first-order chi connectivity index (χ1) is 13.9. The van der Waals surface area contributed by atoms with Crippen molar-refractivity contribution in [1.82, 2.24) is 9.55 Å². The topological polar surface area (TPSA) is 70.7 Å². The molecule has 0 spiro atoms. The first kappa shape index (κ1) is 19.5. The van der Waals surface area contributed by atoms with Crippen LogP contribution < -0.4 is 5.32 Å². The van der Waals surface area contributed by atoms with Gasteiger partial charge in [0, 0.05) is 17.0 Å². The third-order valence-electron chi connectivity index (χ3n) is 5.93. The predicted molar refractivity (Wildman–Crippen MR) is 115 cm³/mol. The van der Waals surface area contributed by atoms with Gasteiger partial charge in [0.25, 0.3) is 0 Å². The van der Waals surface area contributed by atoms with Crippen molar-refractivity contribution in [3.05, 3.63) is 58.6 Å². The molecule has 1 amide bonds. The summed E-state index contributed by atoms with van der Waals surface area (Å²) < 4.78 is 2.10. The molecular formula is C23H23ClN4O. The molecule has 0 aliphatic heterocycles. The van der Waals surface area contributed by atoms with Crippen LogP contribution in [0.15, 0.2) is 42.5 Å². The number of nitrogens with zero attached hydrogens (tertiary/aromatic N) is 3. The normalized spacial score (nSPS) is 16.1. The summed E-state index contributed by atoms with van der Waals surface area (Å²) in [6, 6.07) is 15.3. The van der Waals surface area contributed by atoms with Crippen LogP contribution in [-0.2, 0) is 10.3 Å². The van der Waals surface area contributed by atoms with E-state index >= 15 is 0 Å². The Balaban J connectivity index is 1.64. The van der Waals surface area contributed by atoms with Gasteiger partial charge in [0.15, 0.2) is 0 Å². The van der Waals surface area contributed by atoms with E-state index in [1.54, 1.807) is 6.07 Å². The molecule has 4 rings (SSSR count). The van der Waals surface area contributed by atoms with Gasteiger partial charge >= 0.3 is 0 Å². The maximum atomic E-state index is 12.8. The molecular weight excluding hydrogens is 384 g/mol. The number of halogens is 1. The zero-order valence-corrected chi connectivity index (χ0v) is 17.3. The fourth-order valence-electron chi connectivity index (χ4n) is 4.13. The molecule has 1 atom stereocenters. The van der Waals surface area contributed by atoms with Crippen LogP contribution in [0.4, 0.5) is 5.95 Å².